The molecule has 0 bridgehead atoms. The zero-order valence-electron chi connectivity index (χ0n) is 14.2. The average molecular weight is 391 g/mol. The predicted molar refractivity (Wildman–Crippen MR) is 91.6 cm³/mol. The number of nitrogens with one attached hydrogen (secondary N) is 2. The number of allylic oxidation sites excluding steroid dienone is 1. The normalized spacial score (nSPS) is 12.1. The first-order valence-electron chi connectivity index (χ1n) is 7.92. The van der Waals surface area contributed by atoms with Gasteiger partial charge in [-0.25, -0.2) is 14.4 Å². The molecule has 1 aromatic carbocycles. The highest BCUT2D eigenvalue weighted by molar-refractivity contribution is 6.07. The van der Waals surface area contributed by atoms with E-state index < -0.39 is 17.6 Å². The van der Waals surface area contributed by atoms with Crippen molar-refractivity contribution in [2.75, 3.05) is 0 Å². The average Bonchev–Trinajstić information content (AvgIpc) is 3.20. The summed E-state index contributed by atoms with van der Waals surface area (Å²) >= 11 is 0. The van der Waals surface area contributed by atoms with Gasteiger partial charge in [-0.15, -0.1) is 0 Å². The maximum Gasteiger partial charge on any atom is 0.419 e. The lowest BCUT2D eigenvalue weighted by molar-refractivity contribution is -0.138. The van der Waals surface area contributed by atoms with Gasteiger partial charge in [-0.3, -0.25) is 5.41 Å². The van der Waals surface area contributed by atoms with Gasteiger partial charge in [0.1, 0.15) is 23.5 Å². The van der Waals surface area contributed by atoms with Crippen LogP contribution in [0.25, 0.3) is 5.70 Å². The molecule has 2 aromatic heterocycles. The summed E-state index contributed by atoms with van der Waals surface area (Å²) in [5.41, 5.74) is -0.261. The van der Waals surface area contributed by atoms with E-state index in [0.29, 0.717) is 29.3 Å². The fourth-order valence-corrected chi connectivity index (χ4v) is 2.22. The number of aromatic nitrogens is 3. The molecular formula is C18H13F4N5O. The zero-order valence-corrected chi connectivity index (χ0v) is 14.2. The molecule has 0 unspecified atom stereocenters. The molecule has 0 aliphatic rings. The van der Waals surface area contributed by atoms with Gasteiger partial charge >= 0.3 is 6.18 Å². The molecule has 0 aliphatic heterocycles. The summed E-state index contributed by atoms with van der Waals surface area (Å²) in [7, 11) is 0. The number of halogens is 4. The molecule has 0 saturated heterocycles. The molecular weight excluding hydrogens is 378 g/mol. The molecule has 6 nitrogen and oxygen atoms in total. The van der Waals surface area contributed by atoms with Gasteiger partial charge < -0.3 is 9.84 Å². The SMILES string of the molecule is N=C(/C=C(\NCc1ccccc1F)c1ccon1)c1ncc(C(F)(F)F)cn1. The fraction of sp³-hybridized carbons (Fsp3) is 0.111. The molecule has 0 fully saturated rings. The van der Waals surface area contributed by atoms with Crippen LogP contribution in [0.15, 0.2) is 59.6 Å². The maximum atomic E-state index is 13.8. The molecule has 10 heteroatoms. The quantitative estimate of drug-likeness (QED) is 0.493. The van der Waals surface area contributed by atoms with Crippen LogP contribution in [0.5, 0.6) is 0 Å². The second-order valence-electron chi connectivity index (χ2n) is 5.59. The number of benzene rings is 1. The van der Waals surface area contributed by atoms with Gasteiger partial charge in [-0.05, 0) is 12.1 Å². The Kier molecular flexibility index (Phi) is 5.48. The number of alkyl halides is 3. The summed E-state index contributed by atoms with van der Waals surface area (Å²) in [4.78, 5) is 7.16. The molecule has 3 aromatic rings. The van der Waals surface area contributed by atoms with Gasteiger partial charge in [0, 0.05) is 30.6 Å². The van der Waals surface area contributed by atoms with E-state index in [4.69, 9.17) is 9.93 Å². The highest BCUT2D eigenvalue weighted by atomic mass is 19.4. The number of hydrogen-bond acceptors (Lipinski definition) is 6. The van der Waals surface area contributed by atoms with Gasteiger partial charge in [0.05, 0.1) is 11.3 Å². The molecule has 0 amide bonds. The molecule has 0 saturated carbocycles. The second-order valence-corrected chi connectivity index (χ2v) is 5.59. The molecule has 0 spiro atoms. The van der Waals surface area contributed by atoms with E-state index in [-0.39, 0.29) is 18.1 Å². The fourth-order valence-electron chi connectivity index (χ4n) is 2.22. The number of rotatable bonds is 6. The van der Waals surface area contributed by atoms with E-state index in [2.05, 4.69) is 20.4 Å². The van der Waals surface area contributed by atoms with Crippen LogP contribution >= 0.6 is 0 Å². The topological polar surface area (TPSA) is 87.7 Å². The van der Waals surface area contributed by atoms with Crippen molar-refractivity contribution in [3.8, 4) is 0 Å². The van der Waals surface area contributed by atoms with E-state index in [0.717, 1.165) is 0 Å². The Morgan fingerprint density at radius 2 is 1.86 bits per heavy atom. The number of nitrogens with zero attached hydrogens (tertiary/aromatic N) is 3. The van der Waals surface area contributed by atoms with Crippen molar-refractivity contribution < 1.29 is 22.1 Å². The maximum absolute atomic E-state index is 13.8. The van der Waals surface area contributed by atoms with Gasteiger partial charge in [-0.1, -0.05) is 23.4 Å². The highest BCUT2D eigenvalue weighted by Gasteiger charge is 2.31. The molecule has 28 heavy (non-hydrogen) atoms. The van der Waals surface area contributed by atoms with Crippen LogP contribution in [0, 0.1) is 11.2 Å². The summed E-state index contributed by atoms with van der Waals surface area (Å²) in [5, 5.41) is 14.8. The third-order valence-electron chi connectivity index (χ3n) is 3.65. The standard InChI is InChI=1S/C18H13F4N5O/c19-13-4-2-1-3-11(13)8-24-16(15-5-6-28-27-15)7-14(23)17-25-9-12(10-26-17)18(20,21)22/h1-7,9-10,23-24H,8H2/b16-7-,23-14?. The van der Waals surface area contributed by atoms with E-state index in [1.54, 1.807) is 18.2 Å². The van der Waals surface area contributed by atoms with E-state index in [9.17, 15) is 17.6 Å². The molecule has 3 rings (SSSR count). The number of hydrogen-bond donors (Lipinski definition) is 2. The Hall–Kier alpha value is -3.56. The Balaban J connectivity index is 1.83. The summed E-state index contributed by atoms with van der Waals surface area (Å²) in [6.07, 6.45) is -0.766. The summed E-state index contributed by atoms with van der Waals surface area (Å²) in [6, 6.07) is 7.66. The minimum absolute atomic E-state index is 0.0898. The summed E-state index contributed by atoms with van der Waals surface area (Å²) in [6.45, 7) is 0.0898. The summed E-state index contributed by atoms with van der Waals surface area (Å²) in [5.74, 6) is -0.614. The molecule has 2 heterocycles. The minimum Gasteiger partial charge on any atom is -0.379 e. The van der Waals surface area contributed by atoms with Gasteiger partial charge in [-0.2, -0.15) is 13.2 Å². The summed E-state index contributed by atoms with van der Waals surface area (Å²) < 4.78 is 56.4. The first kappa shape index (κ1) is 19.2. The Bertz CT molecular complexity index is 982. The molecule has 0 atom stereocenters. The van der Waals surface area contributed by atoms with Crippen LogP contribution in [0.1, 0.15) is 22.6 Å². The molecule has 0 aliphatic carbocycles. The van der Waals surface area contributed by atoms with Crippen LogP contribution < -0.4 is 5.32 Å². The lowest BCUT2D eigenvalue weighted by Gasteiger charge is -2.10. The van der Waals surface area contributed by atoms with E-state index in [1.807, 2.05) is 0 Å². The Labute approximate surface area is 156 Å². The Morgan fingerprint density at radius 3 is 2.46 bits per heavy atom. The van der Waals surface area contributed by atoms with Crippen LogP contribution in [-0.4, -0.2) is 20.8 Å². The van der Waals surface area contributed by atoms with E-state index >= 15 is 0 Å². The monoisotopic (exact) mass is 391 g/mol. The lowest BCUT2D eigenvalue weighted by Crippen LogP contribution is -2.16. The van der Waals surface area contributed by atoms with Crippen molar-refractivity contribution in [3.63, 3.8) is 0 Å². The van der Waals surface area contributed by atoms with E-state index in [1.165, 1.54) is 24.5 Å². The van der Waals surface area contributed by atoms with Crippen molar-refractivity contribution in [2.24, 2.45) is 0 Å². The van der Waals surface area contributed by atoms with Crippen LogP contribution in [0.2, 0.25) is 0 Å². The lowest BCUT2D eigenvalue weighted by atomic mass is 10.2. The van der Waals surface area contributed by atoms with Crippen LogP contribution in [0.3, 0.4) is 0 Å². The van der Waals surface area contributed by atoms with Crippen molar-refractivity contribution in [2.45, 2.75) is 12.7 Å². The minimum atomic E-state index is -4.57. The predicted octanol–water partition coefficient (Wildman–Crippen LogP) is 3.82. The third kappa shape index (κ3) is 4.58. The van der Waals surface area contributed by atoms with Crippen molar-refractivity contribution in [1.82, 2.24) is 20.4 Å². The van der Waals surface area contributed by atoms with Gasteiger partial charge in [0.25, 0.3) is 0 Å². The molecule has 0 radical (unpaired) electrons. The second kappa shape index (κ2) is 7.99. The van der Waals surface area contributed by atoms with Gasteiger partial charge in [0.2, 0.25) is 0 Å². The van der Waals surface area contributed by atoms with Crippen LogP contribution in [0.4, 0.5) is 17.6 Å². The first-order valence-corrected chi connectivity index (χ1v) is 7.92. The van der Waals surface area contributed by atoms with Crippen molar-refractivity contribution in [3.05, 3.63) is 83.5 Å². The Morgan fingerprint density at radius 1 is 1.14 bits per heavy atom. The highest BCUT2D eigenvalue weighted by Crippen LogP contribution is 2.27. The zero-order chi connectivity index (χ0) is 20.1. The molecule has 144 valence electrons. The van der Waals surface area contributed by atoms with Crippen molar-refractivity contribution >= 4 is 11.4 Å². The van der Waals surface area contributed by atoms with Crippen LogP contribution in [-0.2, 0) is 12.7 Å². The smallest absolute Gasteiger partial charge is 0.379 e. The first-order chi connectivity index (χ1) is 13.3. The third-order valence-corrected chi connectivity index (χ3v) is 3.65. The van der Waals surface area contributed by atoms with Gasteiger partial charge in [0.15, 0.2) is 5.82 Å². The largest absolute Gasteiger partial charge is 0.419 e. The van der Waals surface area contributed by atoms with Crippen molar-refractivity contribution in [1.29, 1.82) is 5.41 Å². The molecule has 2 N–H and O–H groups in total.